The highest BCUT2D eigenvalue weighted by molar-refractivity contribution is 7.89. The monoisotopic (exact) mass is 354 g/mol. The second kappa shape index (κ2) is 6.80. The first-order chi connectivity index (χ1) is 11.4. The molecule has 0 spiro atoms. The van der Waals surface area contributed by atoms with E-state index in [4.69, 9.17) is 0 Å². The van der Waals surface area contributed by atoms with Gasteiger partial charge in [-0.25, -0.2) is 17.1 Å². The quantitative estimate of drug-likeness (QED) is 0.877. The molecule has 0 aromatic heterocycles. The van der Waals surface area contributed by atoms with Gasteiger partial charge in [-0.3, -0.25) is 4.79 Å². The number of benzene rings is 1. The minimum absolute atomic E-state index is 0.0804. The third-order valence-electron chi connectivity index (χ3n) is 5.14. The molecule has 1 aliphatic carbocycles. The van der Waals surface area contributed by atoms with E-state index in [1.54, 1.807) is 12.1 Å². The van der Waals surface area contributed by atoms with Crippen molar-refractivity contribution in [3.05, 3.63) is 35.6 Å². The maximum absolute atomic E-state index is 13.2. The molecule has 24 heavy (non-hydrogen) atoms. The van der Waals surface area contributed by atoms with Crippen molar-refractivity contribution >= 4 is 15.9 Å². The van der Waals surface area contributed by atoms with Crippen LogP contribution >= 0.6 is 0 Å². The molecule has 1 heterocycles. The third-order valence-corrected chi connectivity index (χ3v) is 7.10. The number of sulfonamides is 1. The lowest BCUT2D eigenvalue weighted by Gasteiger charge is -2.28. The highest BCUT2D eigenvalue weighted by Gasteiger charge is 2.42. The van der Waals surface area contributed by atoms with E-state index in [1.165, 1.54) is 16.4 Å². The van der Waals surface area contributed by atoms with Crippen molar-refractivity contribution in [1.82, 2.24) is 9.62 Å². The van der Waals surface area contributed by atoms with Crippen LogP contribution in [-0.4, -0.2) is 44.0 Å². The van der Waals surface area contributed by atoms with E-state index in [-0.39, 0.29) is 17.5 Å². The number of nitrogens with zero attached hydrogens (tertiary/aromatic N) is 1. The Morgan fingerprint density at radius 3 is 2.42 bits per heavy atom. The predicted octanol–water partition coefficient (Wildman–Crippen LogP) is 1.79. The highest BCUT2D eigenvalue weighted by Crippen LogP contribution is 2.41. The Kier molecular flexibility index (Phi) is 4.92. The molecule has 0 atom stereocenters. The van der Waals surface area contributed by atoms with Crippen LogP contribution in [0.1, 0.15) is 37.7 Å². The van der Waals surface area contributed by atoms with Gasteiger partial charge in [-0.05, 0) is 37.0 Å². The summed E-state index contributed by atoms with van der Waals surface area (Å²) >= 11 is 0. The number of carbonyl (C=O) groups excluding carboxylic acids is 1. The van der Waals surface area contributed by atoms with Crippen LogP contribution in [0.3, 0.4) is 0 Å². The van der Waals surface area contributed by atoms with Crippen molar-refractivity contribution in [2.45, 2.75) is 37.5 Å². The van der Waals surface area contributed by atoms with Gasteiger partial charge in [0.05, 0.1) is 11.2 Å². The van der Waals surface area contributed by atoms with E-state index >= 15 is 0 Å². The summed E-state index contributed by atoms with van der Waals surface area (Å²) < 4.78 is 38.2. The lowest BCUT2D eigenvalue weighted by molar-refractivity contribution is -0.126. The van der Waals surface area contributed by atoms with Crippen LogP contribution in [0.25, 0.3) is 0 Å². The molecule has 7 heteroatoms. The summed E-state index contributed by atoms with van der Waals surface area (Å²) in [6, 6.07) is 6.15. The van der Waals surface area contributed by atoms with E-state index in [0.717, 1.165) is 31.2 Å². The van der Waals surface area contributed by atoms with Crippen molar-refractivity contribution in [3.8, 4) is 0 Å². The number of hydrogen-bond acceptors (Lipinski definition) is 3. The molecule has 1 aliphatic heterocycles. The Balaban J connectivity index is 1.66. The molecule has 1 aromatic carbocycles. The zero-order valence-electron chi connectivity index (χ0n) is 13.6. The number of amides is 1. The lowest BCUT2D eigenvalue weighted by atomic mass is 9.78. The number of carbonyl (C=O) groups is 1. The molecule has 1 aromatic rings. The average Bonchev–Trinajstić information content (AvgIpc) is 3.16. The minimum atomic E-state index is -3.14. The molecule has 0 unspecified atom stereocenters. The van der Waals surface area contributed by atoms with E-state index in [2.05, 4.69) is 5.32 Å². The van der Waals surface area contributed by atoms with Gasteiger partial charge in [-0.2, -0.15) is 0 Å². The molecular weight excluding hydrogens is 331 g/mol. The second-order valence-electron chi connectivity index (χ2n) is 6.62. The molecule has 1 saturated heterocycles. The van der Waals surface area contributed by atoms with Crippen LogP contribution < -0.4 is 5.32 Å². The van der Waals surface area contributed by atoms with Crippen molar-refractivity contribution in [1.29, 1.82) is 0 Å². The number of halogens is 1. The maximum Gasteiger partial charge on any atom is 0.230 e. The molecule has 0 radical (unpaired) electrons. The molecule has 1 amide bonds. The van der Waals surface area contributed by atoms with Gasteiger partial charge < -0.3 is 5.32 Å². The number of nitrogens with one attached hydrogen (secondary N) is 1. The topological polar surface area (TPSA) is 66.5 Å². The van der Waals surface area contributed by atoms with Gasteiger partial charge in [0.15, 0.2) is 0 Å². The van der Waals surface area contributed by atoms with E-state index < -0.39 is 15.4 Å². The minimum Gasteiger partial charge on any atom is -0.354 e. The van der Waals surface area contributed by atoms with E-state index in [1.807, 2.05) is 0 Å². The largest absolute Gasteiger partial charge is 0.354 e. The van der Waals surface area contributed by atoms with Crippen molar-refractivity contribution < 1.29 is 17.6 Å². The molecule has 5 nitrogen and oxygen atoms in total. The number of rotatable bonds is 5. The third kappa shape index (κ3) is 3.32. The maximum atomic E-state index is 13.2. The lowest BCUT2D eigenvalue weighted by Crippen LogP contribution is -2.45. The molecular formula is C17H23FN2O3S. The first-order valence-electron chi connectivity index (χ1n) is 8.46. The normalized spacial score (nSPS) is 22.5. The van der Waals surface area contributed by atoms with Crippen molar-refractivity contribution in [3.63, 3.8) is 0 Å². The van der Waals surface area contributed by atoms with Crippen LogP contribution in [0.15, 0.2) is 24.3 Å². The SMILES string of the molecule is O=C(NCCN1CCCS1(=O)=O)C1(c2ccc(F)cc2)CCCC1. The summed E-state index contributed by atoms with van der Waals surface area (Å²) in [6.07, 6.45) is 4.06. The van der Waals surface area contributed by atoms with E-state index in [9.17, 15) is 17.6 Å². The van der Waals surface area contributed by atoms with Crippen molar-refractivity contribution in [2.75, 3.05) is 25.4 Å². The molecule has 1 saturated carbocycles. The van der Waals surface area contributed by atoms with Gasteiger partial charge in [0.1, 0.15) is 5.82 Å². The number of hydrogen-bond donors (Lipinski definition) is 1. The van der Waals surface area contributed by atoms with Gasteiger partial charge in [-0.15, -0.1) is 0 Å². The smallest absolute Gasteiger partial charge is 0.230 e. The standard InChI is InChI=1S/C17H23FN2O3S/c18-15-6-4-14(5-7-15)17(8-1-2-9-17)16(21)19-10-12-20-11-3-13-24(20,22)23/h4-7H,1-3,8-13H2,(H,19,21). The zero-order chi connectivity index (χ0) is 17.2. The molecule has 2 aliphatic rings. The summed E-state index contributed by atoms with van der Waals surface area (Å²) in [4.78, 5) is 12.8. The Morgan fingerprint density at radius 2 is 1.83 bits per heavy atom. The fourth-order valence-corrected chi connectivity index (χ4v) is 5.33. The van der Waals surface area contributed by atoms with Gasteiger partial charge in [0.25, 0.3) is 0 Å². The Morgan fingerprint density at radius 1 is 1.17 bits per heavy atom. The van der Waals surface area contributed by atoms with Gasteiger partial charge >= 0.3 is 0 Å². The zero-order valence-corrected chi connectivity index (χ0v) is 14.4. The summed E-state index contributed by atoms with van der Waals surface area (Å²) in [6.45, 7) is 1.15. The Bertz CT molecular complexity index is 697. The fourth-order valence-electron chi connectivity index (χ4n) is 3.80. The van der Waals surface area contributed by atoms with Crippen molar-refractivity contribution in [2.24, 2.45) is 0 Å². The van der Waals surface area contributed by atoms with Crippen LogP contribution in [0, 0.1) is 5.82 Å². The van der Waals surface area contributed by atoms with Crippen LogP contribution in [0.2, 0.25) is 0 Å². The van der Waals surface area contributed by atoms with Gasteiger partial charge in [-0.1, -0.05) is 25.0 Å². The highest BCUT2D eigenvalue weighted by atomic mass is 32.2. The summed E-state index contributed by atoms with van der Waals surface area (Å²) in [5.41, 5.74) is 0.227. The Labute approximate surface area is 142 Å². The van der Waals surface area contributed by atoms with Crippen LogP contribution in [0.5, 0.6) is 0 Å². The molecule has 2 fully saturated rings. The van der Waals surface area contributed by atoms with Crippen LogP contribution in [0.4, 0.5) is 4.39 Å². The first-order valence-corrected chi connectivity index (χ1v) is 10.1. The first kappa shape index (κ1) is 17.4. The Hall–Kier alpha value is -1.47. The van der Waals surface area contributed by atoms with E-state index in [0.29, 0.717) is 26.1 Å². The second-order valence-corrected chi connectivity index (χ2v) is 8.71. The average molecular weight is 354 g/mol. The molecule has 1 N–H and O–H groups in total. The van der Waals surface area contributed by atoms with Gasteiger partial charge in [0.2, 0.25) is 15.9 Å². The predicted molar refractivity (Wildman–Crippen MR) is 89.5 cm³/mol. The summed E-state index contributed by atoms with van der Waals surface area (Å²) in [5.74, 6) is -0.199. The summed E-state index contributed by atoms with van der Waals surface area (Å²) in [5, 5.41) is 2.90. The molecule has 132 valence electrons. The molecule has 3 rings (SSSR count). The molecule has 0 bridgehead atoms. The van der Waals surface area contributed by atoms with Gasteiger partial charge in [0, 0.05) is 19.6 Å². The summed E-state index contributed by atoms with van der Waals surface area (Å²) in [7, 11) is -3.14. The fraction of sp³-hybridized carbons (Fsp3) is 0.588. The van der Waals surface area contributed by atoms with Crippen LogP contribution in [-0.2, 0) is 20.2 Å².